The van der Waals surface area contributed by atoms with Crippen molar-refractivity contribution in [2.24, 2.45) is 28.6 Å². The highest BCUT2D eigenvalue weighted by atomic mass is 35.5. The Hall–Kier alpha value is -0.280. The molecular weight excluding hydrogens is 308 g/mol. The predicted octanol–water partition coefficient (Wildman–Crippen LogP) is 3.52. The van der Waals surface area contributed by atoms with Gasteiger partial charge in [-0.15, -0.1) is 12.4 Å². The van der Waals surface area contributed by atoms with Crippen LogP contribution < -0.4 is 10.6 Å². The van der Waals surface area contributed by atoms with Gasteiger partial charge < -0.3 is 10.6 Å². The molecule has 3 nitrogen and oxygen atoms in total. The van der Waals surface area contributed by atoms with Crippen molar-refractivity contribution < 1.29 is 4.79 Å². The van der Waals surface area contributed by atoms with Crippen molar-refractivity contribution in [3.05, 3.63) is 0 Å². The summed E-state index contributed by atoms with van der Waals surface area (Å²) < 4.78 is 0. The average Bonchev–Trinajstić information content (AvgIpc) is 2.44. The smallest absolute Gasteiger partial charge is 0.220 e. The minimum Gasteiger partial charge on any atom is -0.356 e. The van der Waals surface area contributed by atoms with Gasteiger partial charge in [-0.1, -0.05) is 6.92 Å². The third-order valence-corrected chi connectivity index (χ3v) is 7.22. The van der Waals surface area contributed by atoms with Crippen LogP contribution >= 0.6 is 12.4 Å². The second-order valence-electron chi connectivity index (χ2n) is 9.43. The van der Waals surface area contributed by atoms with Crippen molar-refractivity contribution in [2.45, 2.75) is 64.7 Å². The number of carbonyl (C=O) groups excluding carboxylic acids is 1. The summed E-state index contributed by atoms with van der Waals surface area (Å²) in [6.45, 7) is 5.40. The molecule has 0 unspecified atom stereocenters. The normalized spacial score (nSPS) is 40.5. The van der Waals surface area contributed by atoms with Gasteiger partial charge in [-0.2, -0.15) is 0 Å². The Labute approximate surface area is 147 Å². The number of halogens is 1. The van der Waals surface area contributed by atoms with Crippen LogP contribution in [0.3, 0.4) is 0 Å². The molecule has 0 aromatic carbocycles. The first-order chi connectivity index (χ1) is 10.5. The van der Waals surface area contributed by atoms with Crippen LogP contribution in [0.4, 0.5) is 0 Å². The predicted molar refractivity (Wildman–Crippen MR) is 95.7 cm³/mol. The summed E-state index contributed by atoms with van der Waals surface area (Å²) >= 11 is 0. The molecule has 0 aromatic heterocycles. The zero-order valence-electron chi connectivity index (χ0n) is 14.5. The van der Waals surface area contributed by atoms with Gasteiger partial charge in [-0.05, 0) is 93.0 Å². The topological polar surface area (TPSA) is 41.1 Å². The Bertz CT molecular complexity index is 409. The monoisotopic (exact) mass is 340 g/mol. The molecule has 4 bridgehead atoms. The maximum Gasteiger partial charge on any atom is 0.220 e. The number of hydrogen-bond acceptors (Lipinski definition) is 2. The van der Waals surface area contributed by atoms with E-state index in [1.165, 1.54) is 51.4 Å². The molecule has 5 rings (SSSR count). The van der Waals surface area contributed by atoms with Crippen molar-refractivity contribution in [3.8, 4) is 0 Å². The van der Waals surface area contributed by atoms with Gasteiger partial charge >= 0.3 is 0 Å². The zero-order valence-corrected chi connectivity index (χ0v) is 15.4. The second kappa shape index (κ2) is 6.55. The minimum absolute atomic E-state index is 0. The van der Waals surface area contributed by atoms with Crippen molar-refractivity contribution in [2.75, 3.05) is 19.6 Å². The van der Waals surface area contributed by atoms with Gasteiger partial charge in [0.05, 0.1) is 0 Å². The van der Waals surface area contributed by atoms with Crippen LogP contribution in [-0.4, -0.2) is 25.5 Å². The zero-order chi connectivity index (χ0) is 15.2. The number of nitrogens with one attached hydrogen (secondary N) is 2. The van der Waals surface area contributed by atoms with Crippen molar-refractivity contribution >= 4 is 18.3 Å². The third-order valence-electron chi connectivity index (χ3n) is 7.22. The highest BCUT2D eigenvalue weighted by molar-refractivity contribution is 5.85. The lowest BCUT2D eigenvalue weighted by molar-refractivity contribution is -0.130. The Morgan fingerprint density at radius 1 is 1.04 bits per heavy atom. The molecule has 1 aliphatic heterocycles. The molecule has 23 heavy (non-hydrogen) atoms. The van der Waals surface area contributed by atoms with Crippen molar-refractivity contribution in [1.29, 1.82) is 0 Å². The van der Waals surface area contributed by atoms with Crippen LogP contribution in [-0.2, 0) is 4.79 Å². The van der Waals surface area contributed by atoms with Crippen LogP contribution in [0.2, 0.25) is 0 Å². The molecule has 5 aliphatic rings. The van der Waals surface area contributed by atoms with E-state index in [9.17, 15) is 4.79 Å². The molecule has 0 radical (unpaired) electrons. The molecule has 1 saturated heterocycles. The van der Waals surface area contributed by atoms with E-state index in [0.29, 0.717) is 16.7 Å². The average molecular weight is 341 g/mol. The molecule has 0 spiro atoms. The fourth-order valence-corrected chi connectivity index (χ4v) is 6.43. The number of amides is 1. The summed E-state index contributed by atoms with van der Waals surface area (Å²) in [5.41, 5.74) is 0.691. The van der Waals surface area contributed by atoms with Crippen LogP contribution in [0.15, 0.2) is 0 Å². The van der Waals surface area contributed by atoms with Crippen molar-refractivity contribution in [1.82, 2.24) is 10.6 Å². The Kier molecular flexibility index (Phi) is 5.00. The van der Waals surface area contributed by atoms with Crippen LogP contribution in [0.5, 0.6) is 0 Å². The minimum atomic E-state index is 0. The maximum absolute atomic E-state index is 12.6. The van der Waals surface area contributed by atoms with E-state index in [2.05, 4.69) is 17.6 Å². The molecule has 4 aliphatic carbocycles. The Morgan fingerprint density at radius 2 is 1.57 bits per heavy atom. The largest absolute Gasteiger partial charge is 0.356 e. The molecule has 0 aromatic rings. The van der Waals surface area contributed by atoms with Gasteiger partial charge in [-0.25, -0.2) is 0 Å². The molecule has 4 saturated carbocycles. The molecule has 1 amide bonds. The van der Waals surface area contributed by atoms with Gasteiger partial charge in [0.25, 0.3) is 0 Å². The van der Waals surface area contributed by atoms with Gasteiger partial charge in [0.1, 0.15) is 0 Å². The van der Waals surface area contributed by atoms with E-state index in [0.717, 1.165) is 43.8 Å². The first-order valence-corrected chi connectivity index (χ1v) is 9.52. The lowest BCUT2D eigenvalue weighted by atomic mass is 9.49. The summed E-state index contributed by atoms with van der Waals surface area (Å²) in [6.07, 6.45) is 11.6. The summed E-state index contributed by atoms with van der Waals surface area (Å²) in [6, 6.07) is 0. The first-order valence-electron chi connectivity index (χ1n) is 9.52. The summed E-state index contributed by atoms with van der Waals surface area (Å²) in [7, 11) is 0. The van der Waals surface area contributed by atoms with E-state index in [1.807, 2.05) is 0 Å². The first kappa shape index (κ1) is 17.5. The molecule has 2 N–H and O–H groups in total. The summed E-state index contributed by atoms with van der Waals surface area (Å²) in [5, 5.41) is 6.72. The molecule has 0 atom stereocenters. The molecule has 1 heterocycles. The van der Waals surface area contributed by atoms with Gasteiger partial charge in [-0.3, -0.25) is 4.79 Å². The standard InChI is InChI=1S/C19H32N2O.ClH/c1-18(2-4-20-5-3-18)13-21-17(22)12-19-9-14-6-15(10-19)8-16(7-14)11-19;/h14-16,20H,2-13H2,1H3,(H,21,22);1H. The second-order valence-corrected chi connectivity index (χ2v) is 9.43. The Morgan fingerprint density at radius 3 is 2.09 bits per heavy atom. The Balaban J connectivity index is 0.00000156. The van der Waals surface area contributed by atoms with Crippen molar-refractivity contribution in [3.63, 3.8) is 0 Å². The van der Waals surface area contributed by atoms with E-state index in [4.69, 9.17) is 0 Å². The fourth-order valence-electron chi connectivity index (χ4n) is 6.43. The maximum atomic E-state index is 12.6. The molecule has 4 heteroatoms. The van der Waals surface area contributed by atoms with E-state index in [1.54, 1.807) is 0 Å². The highest BCUT2D eigenvalue weighted by Gasteiger charge is 2.51. The van der Waals surface area contributed by atoms with Crippen LogP contribution in [0.25, 0.3) is 0 Å². The SMILES string of the molecule is CC1(CNC(=O)CC23CC4CC(CC(C4)C2)C3)CCNCC1.Cl. The molecule has 5 fully saturated rings. The quantitative estimate of drug-likeness (QED) is 0.822. The van der Waals surface area contributed by atoms with Gasteiger partial charge in [0.15, 0.2) is 0 Å². The molecular formula is C19H33ClN2O. The summed E-state index contributed by atoms with van der Waals surface area (Å²) in [5.74, 6) is 3.17. The van der Waals surface area contributed by atoms with E-state index < -0.39 is 0 Å². The van der Waals surface area contributed by atoms with Crippen LogP contribution in [0.1, 0.15) is 64.7 Å². The number of carbonyl (C=O) groups is 1. The summed E-state index contributed by atoms with van der Waals surface area (Å²) in [4.78, 5) is 12.6. The lowest BCUT2D eigenvalue weighted by Gasteiger charge is -2.56. The number of hydrogen-bond donors (Lipinski definition) is 2. The van der Waals surface area contributed by atoms with Gasteiger partial charge in [0, 0.05) is 13.0 Å². The van der Waals surface area contributed by atoms with Gasteiger partial charge in [0.2, 0.25) is 5.91 Å². The number of rotatable bonds is 4. The highest BCUT2D eigenvalue weighted by Crippen LogP contribution is 2.61. The van der Waals surface area contributed by atoms with E-state index in [-0.39, 0.29) is 12.4 Å². The lowest BCUT2D eigenvalue weighted by Crippen LogP contribution is -2.49. The van der Waals surface area contributed by atoms with E-state index >= 15 is 0 Å². The third kappa shape index (κ3) is 3.71. The molecule has 132 valence electrons. The fraction of sp³-hybridized carbons (Fsp3) is 0.947. The van der Waals surface area contributed by atoms with Crippen LogP contribution in [0, 0.1) is 28.6 Å². The number of piperidine rings is 1.